The van der Waals surface area contributed by atoms with E-state index in [0.717, 1.165) is 18.2 Å². The smallest absolute Gasteiger partial charge is 0.336 e. The third-order valence-corrected chi connectivity index (χ3v) is 10.8. The lowest BCUT2D eigenvalue weighted by atomic mass is 10.1. The quantitative estimate of drug-likeness (QED) is 0.00583. The highest BCUT2D eigenvalue weighted by molar-refractivity contribution is 5.99. The van der Waals surface area contributed by atoms with Crippen LogP contribution in [0.15, 0.2) is 149 Å². The number of benzene rings is 4. The Bertz CT molecular complexity index is 2890. The van der Waals surface area contributed by atoms with Gasteiger partial charge in [-0.3, -0.25) is 0 Å². The van der Waals surface area contributed by atoms with E-state index in [1.807, 2.05) is 0 Å². The van der Waals surface area contributed by atoms with Crippen LogP contribution in [0.5, 0.6) is 46.0 Å². The van der Waals surface area contributed by atoms with Crippen molar-refractivity contribution in [3.63, 3.8) is 0 Å². The fourth-order valence-corrected chi connectivity index (χ4v) is 6.96. The lowest BCUT2D eigenvalue weighted by molar-refractivity contribution is -0.287. The molecule has 22 heteroatoms. The molecule has 0 radical (unpaired) electrons. The van der Waals surface area contributed by atoms with Crippen molar-refractivity contribution < 1.29 is 105 Å². The molecule has 0 unspecified atom stereocenters. The van der Waals surface area contributed by atoms with Crippen LogP contribution in [0.3, 0.4) is 0 Å². The summed E-state index contributed by atoms with van der Waals surface area (Å²) in [6, 6.07) is 16.5. The van der Waals surface area contributed by atoms with Gasteiger partial charge in [0.25, 0.3) is 0 Å². The van der Waals surface area contributed by atoms with E-state index < -0.39 is 29.8 Å². The number of carbonyl (C=O) groups is 5. The number of esters is 5. The Kier molecular flexibility index (Phi) is 34.5. The van der Waals surface area contributed by atoms with Crippen LogP contribution in [-0.4, -0.2) is 129 Å². The Morgan fingerprint density at radius 1 is 0.326 bits per heavy atom. The summed E-state index contributed by atoms with van der Waals surface area (Å²) in [5.74, 6) is -1.53. The normalized spacial score (nSPS) is 10.8. The van der Waals surface area contributed by atoms with E-state index in [4.69, 9.17) is 81.4 Å². The number of hydrogen-bond acceptors (Lipinski definition) is 22. The van der Waals surface area contributed by atoms with Crippen LogP contribution in [0.4, 0.5) is 0 Å². The van der Waals surface area contributed by atoms with Crippen LogP contribution in [0.25, 0.3) is 22.9 Å². The lowest BCUT2D eigenvalue weighted by Gasteiger charge is -2.19. The van der Waals surface area contributed by atoms with E-state index in [0.29, 0.717) is 59.8 Å². The van der Waals surface area contributed by atoms with E-state index >= 15 is 0 Å². The van der Waals surface area contributed by atoms with Crippen LogP contribution in [-0.2, 0) is 67.5 Å². The highest BCUT2D eigenvalue weighted by Gasteiger charge is 2.21. The van der Waals surface area contributed by atoms with E-state index in [1.54, 1.807) is 72.8 Å². The zero-order chi connectivity index (χ0) is 61.8. The molecule has 0 aliphatic heterocycles. The molecule has 0 spiro atoms. The minimum absolute atomic E-state index is 0.0360. The second kappa shape index (κ2) is 42.7. The van der Waals surface area contributed by atoms with Gasteiger partial charge in [-0.2, -0.15) is 0 Å². The first-order valence-corrected chi connectivity index (χ1v) is 27.4. The Balaban J connectivity index is 1.60. The van der Waals surface area contributed by atoms with Gasteiger partial charge in [0.1, 0.15) is 31.3 Å². The van der Waals surface area contributed by atoms with Gasteiger partial charge in [0.05, 0.1) is 79.3 Å². The molecule has 0 aromatic heterocycles. The summed E-state index contributed by atoms with van der Waals surface area (Å²) in [5.41, 5.74) is 0.809. The maximum absolute atomic E-state index is 13.7. The number of carbonyl (C=O) groups excluding carboxylic acids is 5. The van der Waals surface area contributed by atoms with Crippen molar-refractivity contribution >= 4 is 52.8 Å². The third kappa shape index (κ3) is 26.7. The van der Waals surface area contributed by atoms with E-state index in [9.17, 15) is 24.0 Å². The van der Waals surface area contributed by atoms with Crippen molar-refractivity contribution in [3.05, 3.63) is 160 Å². The third-order valence-electron chi connectivity index (χ3n) is 10.8. The number of fused-ring (bicyclic) bond motifs is 1. The minimum atomic E-state index is -0.772. The second-order valence-electron chi connectivity index (χ2n) is 17.3. The Labute approximate surface area is 500 Å². The van der Waals surface area contributed by atoms with Crippen LogP contribution < -0.4 is 37.9 Å². The standard InChI is InChI=1S/C64H74O22/c1-7-33-79-82-45-18-37-71-55-30-26-48(61(75-41-16-39-73-57(66)11-5)64(55)78-44-20-47-84-81-35-9-3)27-31-59(68)85-52-23-13-22-51-50(52)21-14-24-53(51)86-60(69)32-28-49-25-29-54(70-36-15-38-72-56(65)10-4)63(77-42-17-40-74-58(67)12-6)62(49)76-43-19-46-83-80-34-8-2/h7-14,21-32H,1-6,15-20,33-47H2/b31-27+,32-28+. The topological polar surface area (TPSA) is 242 Å². The maximum Gasteiger partial charge on any atom is 0.336 e. The first-order chi connectivity index (χ1) is 42.1. The van der Waals surface area contributed by atoms with Gasteiger partial charge in [-0.15, -0.1) is 19.7 Å². The van der Waals surface area contributed by atoms with Crippen molar-refractivity contribution in [1.82, 2.24) is 0 Å². The second-order valence-corrected chi connectivity index (χ2v) is 17.3. The summed E-state index contributed by atoms with van der Waals surface area (Å²) in [4.78, 5) is 92.9. The fraction of sp³-hybridized carbons (Fsp3) is 0.328. The number of hydrogen-bond donors (Lipinski definition) is 0. The molecule has 4 aromatic rings. The molecule has 0 saturated carbocycles. The van der Waals surface area contributed by atoms with Crippen molar-refractivity contribution in [2.75, 3.05) is 99.1 Å². The maximum atomic E-state index is 13.7. The predicted octanol–water partition coefficient (Wildman–Crippen LogP) is 10.3. The van der Waals surface area contributed by atoms with Gasteiger partial charge in [-0.1, -0.05) is 62.2 Å². The molecule has 0 heterocycles. The van der Waals surface area contributed by atoms with Gasteiger partial charge >= 0.3 is 29.8 Å². The summed E-state index contributed by atoms with van der Waals surface area (Å²) in [5, 5.41) is 0.894. The predicted molar refractivity (Wildman–Crippen MR) is 317 cm³/mol. The van der Waals surface area contributed by atoms with Crippen LogP contribution in [0.2, 0.25) is 0 Å². The van der Waals surface area contributed by atoms with Crippen molar-refractivity contribution in [2.24, 2.45) is 0 Å². The Morgan fingerprint density at radius 2 is 0.651 bits per heavy atom. The zero-order valence-corrected chi connectivity index (χ0v) is 48.1. The first-order valence-electron chi connectivity index (χ1n) is 27.4. The summed E-state index contributed by atoms with van der Waals surface area (Å²) in [6.45, 7) is 23.1. The van der Waals surface area contributed by atoms with E-state index in [2.05, 4.69) is 39.5 Å². The Morgan fingerprint density at radius 3 is 0.988 bits per heavy atom. The average molecular weight is 1200 g/mol. The van der Waals surface area contributed by atoms with Crippen LogP contribution >= 0.6 is 0 Å². The lowest BCUT2D eigenvalue weighted by Crippen LogP contribution is -2.11. The van der Waals surface area contributed by atoms with Gasteiger partial charge < -0.3 is 52.1 Å². The van der Waals surface area contributed by atoms with Crippen molar-refractivity contribution in [1.29, 1.82) is 0 Å². The van der Waals surface area contributed by atoms with Crippen molar-refractivity contribution in [3.8, 4) is 46.0 Å². The molecule has 0 aliphatic rings. The van der Waals surface area contributed by atoms with Crippen LogP contribution in [0, 0.1) is 0 Å². The molecule has 0 atom stereocenters. The van der Waals surface area contributed by atoms with Gasteiger partial charge in [0, 0.05) is 90.8 Å². The molecule has 0 fully saturated rings. The van der Waals surface area contributed by atoms with E-state index in [1.165, 1.54) is 30.4 Å². The molecule has 0 bridgehead atoms. The van der Waals surface area contributed by atoms with Gasteiger partial charge in [-0.25, -0.2) is 53.3 Å². The molecule has 86 heavy (non-hydrogen) atoms. The molecule has 22 nitrogen and oxygen atoms in total. The zero-order valence-electron chi connectivity index (χ0n) is 48.1. The molecule has 4 rings (SSSR count). The van der Waals surface area contributed by atoms with Gasteiger partial charge in [0.15, 0.2) is 23.0 Å². The largest absolute Gasteiger partial charge is 0.489 e. The van der Waals surface area contributed by atoms with Gasteiger partial charge in [0.2, 0.25) is 11.5 Å². The first kappa shape index (κ1) is 69.5. The number of rotatable bonds is 48. The number of ether oxygens (including phenoxy) is 11. The SMILES string of the molecule is C=CCOOCCCOc1ccc(/C=C/C(=O)Oc2cccc3c(OC(=O)/C=C/c4ccc(OCCCOC(=O)C=C)c(OCCCOC(=O)C=C)c4OCCCOOCC=C)cccc23)c(OCCCOC(=O)C=C)c1OCCCOOCC=C. The van der Waals surface area contributed by atoms with Gasteiger partial charge in [-0.05, 0) is 48.6 Å². The summed E-state index contributed by atoms with van der Waals surface area (Å²) >= 11 is 0. The summed E-state index contributed by atoms with van der Waals surface area (Å²) in [6.07, 6.45) is 15.4. The molecule has 4 aromatic carbocycles. The fourth-order valence-electron chi connectivity index (χ4n) is 6.96. The molecule has 0 saturated heterocycles. The molecular formula is C64H74O22. The Hall–Kier alpha value is -9.03. The van der Waals surface area contributed by atoms with Crippen LogP contribution in [0.1, 0.15) is 49.7 Å². The summed E-state index contributed by atoms with van der Waals surface area (Å²) in [7, 11) is 0. The average Bonchev–Trinajstić information content (AvgIpc) is 2.30. The highest BCUT2D eigenvalue weighted by Crippen LogP contribution is 2.43. The molecular weight excluding hydrogens is 1120 g/mol. The van der Waals surface area contributed by atoms with E-state index in [-0.39, 0.29) is 146 Å². The summed E-state index contributed by atoms with van der Waals surface area (Å²) < 4.78 is 64.3. The molecule has 0 aliphatic carbocycles. The molecule has 0 N–H and O–H groups in total. The van der Waals surface area contributed by atoms with Crippen molar-refractivity contribution in [2.45, 2.75) is 38.5 Å². The highest BCUT2D eigenvalue weighted by atomic mass is 17.2. The monoisotopic (exact) mass is 1190 g/mol. The molecule has 462 valence electrons. The molecule has 0 amide bonds. The minimum Gasteiger partial charge on any atom is -0.489 e.